The number of aliphatic imine (C=N–C) groups is 1. The molecular formula is C24H34N4O3. The SMILES string of the molecule is CCC.CCCc1ccccc1C1N=C(C2CCCN2C(=O)Cc2cc(C)no2)NO1. The first-order chi connectivity index (χ1) is 15.1. The fraction of sp³-hybridized carbons (Fsp3) is 0.542. The second-order valence-electron chi connectivity index (χ2n) is 8.10. The van der Waals surface area contributed by atoms with Crippen molar-refractivity contribution in [1.82, 2.24) is 15.5 Å². The quantitative estimate of drug-likeness (QED) is 0.735. The molecule has 0 aliphatic carbocycles. The summed E-state index contributed by atoms with van der Waals surface area (Å²) in [5.74, 6) is 1.35. The lowest BCUT2D eigenvalue weighted by Crippen LogP contribution is -2.44. The summed E-state index contributed by atoms with van der Waals surface area (Å²) in [5, 5.41) is 3.86. The van der Waals surface area contributed by atoms with Crippen LogP contribution in [0.4, 0.5) is 0 Å². The number of hydrogen-bond acceptors (Lipinski definition) is 6. The summed E-state index contributed by atoms with van der Waals surface area (Å²) in [6, 6.07) is 9.96. The highest BCUT2D eigenvalue weighted by Gasteiger charge is 2.36. The highest BCUT2D eigenvalue weighted by molar-refractivity contribution is 5.92. The molecule has 1 N–H and O–H groups in total. The number of hydrogen-bond donors (Lipinski definition) is 1. The van der Waals surface area contributed by atoms with Crippen LogP contribution in [0.3, 0.4) is 0 Å². The highest BCUT2D eigenvalue weighted by atomic mass is 16.7. The number of amidine groups is 1. The second kappa shape index (κ2) is 11.1. The minimum Gasteiger partial charge on any atom is -0.361 e. The number of hydroxylamine groups is 1. The zero-order chi connectivity index (χ0) is 22.2. The van der Waals surface area contributed by atoms with Crippen molar-refractivity contribution in [3.05, 3.63) is 52.9 Å². The molecule has 4 rings (SSSR count). The van der Waals surface area contributed by atoms with Gasteiger partial charge in [0, 0.05) is 18.2 Å². The summed E-state index contributed by atoms with van der Waals surface area (Å²) in [5.41, 5.74) is 6.11. The zero-order valence-electron chi connectivity index (χ0n) is 19.1. The van der Waals surface area contributed by atoms with Gasteiger partial charge in [0.25, 0.3) is 0 Å². The maximum Gasteiger partial charge on any atom is 0.230 e. The van der Waals surface area contributed by atoms with Crippen LogP contribution in [0.2, 0.25) is 0 Å². The van der Waals surface area contributed by atoms with E-state index in [0.717, 1.165) is 42.8 Å². The van der Waals surface area contributed by atoms with Crippen LogP contribution < -0.4 is 5.48 Å². The predicted octanol–water partition coefficient (Wildman–Crippen LogP) is 4.52. The van der Waals surface area contributed by atoms with Crippen molar-refractivity contribution in [2.75, 3.05) is 6.54 Å². The number of rotatable bonds is 6. The maximum atomic E-state index is 12.8. The number of benzene rings is 1. The molecule has 168 valence electrons. The van der Waals surface area contributed by atoms with Gasteiger partial charge < -0.3 is 9.42 Å². The molecule has 7 heteroatoms. The highest BCUT2D eigenvalue weighted by Crippen LogP contribution is 2.29. The Kier molecular flexibility index (Phi) is 8.23. The van der Waals surface area contributed by atoms with E-state index >= 15 is 0 Å². The summed E-state index contributed by atoms with van der Waals surface area (Å²) in [4.78, 5) is 25.2. The van der Waals surface area contributed by atoms with E-state index in [2.05, 4.69) is 43.5 Å². The summed E-state index contributed by atoms with van der Waals surface area (Å²) in [6.45, 7) is 8.98. The normalized spacial score (nSPS) is 20.1. The summed E-state index contributed by atoms with van der Waals surface area (Å²) < 4.78 is 5.20. The van der Waals surface area contributed by atoms with Crippen molar-refractivity contribution in [2.24, 2.45) is 4.99 Å². The molecule has 1 fully saturated rings. The molecule has 1 aromatic heterocycles. The first-order valence-electron chi connectivity index (χ1n) is 11.4. The monoisotopic (exact) mass is 426 g/mol. The number of carbonyl (C=O) groups is 1. The Morgan fingerprint density at radius 1 is 1.26 bits per heavy atom. The average molecular weight is 427 g/mol. The van der Waals surface area contributed by atoms with Gasteiger partial charge in [-0.1, -0.05) is 63.0 Å². The molecule has 2 aromatic rings. The van der Waals surface area contributed by atoms with Crippen molar-refractivity contribution in [1.29, 1.82) is 0 Å². The molecule has 3 heterocycles. The van der Waals surface area contributed by atoms with Crippen LogP contribution in [0.15, 0.2) is 39.8 Å². The Morgan fingerprint density at radius 2 is 2.03 bits per heavy atom. The van der Waals surface area contributed by atoms with E-state index in [1.165, 1.54) is 12.0 Å². The largest absolute Gasteiger partial charge is 0.361 e. The number of nitrogens with zero attached hydrogens (tertiary/aromatic N) is 3. The molecule has 1 saturated heterocycles. The maximum absolute atomic E-state index is 12.8. The van der Waals surface area contributed by atoms with Gasteiger partial charge in [0.05, 0.1) is 18.2 Å². The predicted molar refractivity (Wildman–Crippen MR) is 120 cm³/mol. The van der Waals surface area contributed by atoms with Gasteiger partial charge in [0.15, 0.2) is 0 Å². The molecule has 0 bridgehead atoms. The number of aromatic nitrogens is 1. The number of likely N-dealkylation sites (tertiary alicyclic amines) is 1. The van der Waals surface area contributed by atoms with Crippen LogP contribution in [0, 0.1) is 6.92 Å². The van der Waals surface area contributed by atoms with Gasteiger partial charge >= 0.3 is 0 Å². The molecule has 2 aliphatic heterocycles. The minimum atomic E-state index is -0.368. The van der Waals surface area contributed by atoms with Crippen molar-refractivity contribution in [2.45, 2.75) is 78.5 Å². The van der Waals surface area contributed by atoms with E-state index in [1.54, 1.807) is 6.07 Å². The molecule has 0 radical (unpaired) electrons. The third-order valence-corrected chi connectivity index (χ3v) is 5.26. The smallest absolute Gasteiger partial charge is 0.230 e. The molecule has 31 heavy (non-hydrogen) atoms. The third kappa shape index (κ3) is 5.73. The zero-order valence-corrected chi connectivity index (χ0v) is 19.1. The Balaban J connectivity index is 0.000000858. The van der Waals surface area contributed by atoms with Gasteiger partial charge in [-0.05, 0) is 31.7 Å². The Bertz CT molecular complexity index is 892. The number of nitrogens with one attached hydrogen (secondary N) is 1. The van der Waals surface area contributed by atoms with E-state index in [9.17, 15) is 4.79 Å². The first kappa shape index (κ1) is 23.0. The Morgan fingerprint density at radius 3 is 2.74 bits per heavy atom. The second-order valence-corrected chi connectivity index (χ2v) is 8.10. The molecule has 1 amide bonds. The van der Waals surface area contributed by atoms with Crippen LogP contribution >= 0.6 is 0 Å². The number of carbonyl (C=O) groups excluding carboxylic acids is 1. The molecule has 0 spiro atoms. The van der Waals surface area contributed by atoms with Crippen LogP contribution in [0.25, 0.3) is 0 Å². The van der Waals surface area contributed by atoms with Crippen molar-refractivity contribution in [3.8, 4) is 0 Å². The van der Waals surface area contributed by atoms with E-state index in [-0.39, 0.29) is 24.6 Å². The molecule has 1 aromatic carbocycles. The van der Waals surface area contributed by atoms with Crippen LogP contribution in [0.5, 0.6) is 0 Å². The Hall–Kier alpha value is -2.67. The van der Waals surface area contributed by atoms with Gasteiger partial charge in [-0.3, -0.25) is 4.79 Å². The van der Waals surface area contributed by atoms with E-state index in [4.69, 9.17) is 14.4 Å². The van der Waals surface area contributed by atoms with E-state index < -0.39 is 0 Å². The third-order valence-electron chi connectivity index (χ3n) is 5.26. The van der Waals surface area contributed by atoms with Crippen molar-refractivity contribution >= 4 is 11.7 Å². The molecule has 2 unspecified atom stereocenters. The summed E-state index contributed by atoms with van der Waals surface area (Å²) in [6.07, 6.45) is 4.98. The van der Waals surface area contributed by atoms with E-state index in [1.807, 2.05) is 24.0 Å². The van der Waals surface area contributed by atoms with Crippen LogP contribution in [-0.2, 0) is 22.5 Å². The van der Waals surface area contributed by atoms with Gasteiger partial charge in [0.1, 0.15) is 11.6 Å². The summed E-state index contributed by atoms with van der Waals surface area (Å²) in [7, 11) is 0. The van der Waals surface area contributed by atoms with Crippen LogP contribution in [-0.4, -0.2) is 34.4 Å². The molecule has 2 atom stereocenters. The number of amides is 1. The van der Waals surface area contributed by atoms with Gasteiger partial charge in [0.2, 0.25) is 12.1 Å². The fourth-order valence-electron chi connectivity index (χ4n) is 3.95. The standard InChI is InChI=1S/C21H26N4O3.C3H8/c1-3-7-15-8-4-5-9-17(15)21-22-20(24-28-21)18-10-6-11-25(18)19(26)13-16-12-14(2)23-27-16;1-3-2/h4-5,8-9,12,18,21H,3,6-7,10-11,13H2,1-2H3,(H,22,24);3H2,1-2H3. The van der Waals surface area contributed by atoms with Gasteiger partial charge in [-0.15, -0.1) is 0 Å². The Labute approximate surface area is 184 Å². The van der Waals surface area contributed by atoms with Gasteiger partial charge in [-0.2, -0.15) is 0 Å². The van der Waals surface area contributed by atoms with E-state index in [0.29, 0.717) is 12.3 Å². The lowest BCUT2D eigenvalue weighted by atomic mass is 10.0. The van der Waals surface area contributed by atoms with Gasteiger partial charge in [-0.25, -0.2) is 15.3 Å². The molecule has 7 nitrogen and oxygen atoms in total. The van der Waals surface area contributed by atoms with Crippen LogP contribution in [0.1, 0.15) is 75.3 Å². The minimum absolute atomic E-state index is 0.0259. The molecule has 2 aliphatic rings. The first-order valence-corrected chi connectivity index (χ1v) is 11.4. The lowest BCUT2D eigenvalue weighted by Gasteiger charge is -2.23. The summed E-state index contributed by atoms with van der Waals surface area (Å²) >= 11 is 0. The lowest BCUT2D eigenvalue weighted by molar-refractivity contribution is -0.130. The average Bonchev–Trinajstić information content (AvgIpc) is 3.49. The van der Waals surface area contributed by atoms with Crippen molar-refractivity contribution in [3.63, 3.8) is 0 Å². The molecule has 0 saturated carbocycles. The molecular weight excluding hydrogens is 392 g/mol. The topological polar surface area (TPSA) is 80.0 Å². The fourth-order valence-corrected chi connectivity index (χ4v) is 3.95. The number of aryl methyl sites for hydroxylation is 2. The van der Waals surface area contributed by atoms with Crippen molar-refractivity contribution < 1.29 is 14.2 Å².